The molecule has 0 amide bonds. The number of fused-ring (bicyclic) bond motifs is 7. The van der Waals surface area contributed by atoms with Crippen molar-refractivity contribution in [2.75, 3.05) is 4.90 Å². The van der Waals surface area contributed by atoms with Crippen LogP contribution in [-0.4, -0.2) is 0 Å². The number of hydrogen-bond acceptors (Lipinski definition) is 1. The predicted octanol–water partition coefficient (Wildman–Crippen LogP) is 13.5. The van der Waals surface area contributed by atoms with Gasteiger partial charge in [-0.2, -0.15) is 0 Å². The second-order valence-corrected chi connectivity index (χ2v) is 19.7. The van der Waals surface area contributed by atoms with Crippen molar-refractivity contribution in [1.29, 1.82) is 0 Å². The van der Waals surface area contributed by atoms with Gasteiger partial charge in [-0.05, 0) is 160 Å². The molecule has 0 unspecified atom stereocenters. The highest BCUT2D eigenvalue weighted by molar-refractivity contribution is 5.96. The van der Waals surface area contributed by atoms with Gasteiger partial charge in [0.15, 0.2) is 0 Å². The van der Waals surface area contributed by atoms with E-state index in [4.69, 9.17) is 0 Å². The molecule has 0 heterocycles. The number of rotatable bonds is 3. The highest BCUT2D eigenvalue weighted by Gasteiger charge is 2.62. The van der Waals surface area contributed by atoms with Crippen LogP contribution in [0.15, 0.2) is 103 Å². The van der Waals surface area contributed by atoms with Crippen molar-refractivity contribution in [3.63, 3.8) is 0 Å². The molecule has 5 aromatic rings. The first kappa shape index (κ1) is 31.4. The molecule has 1 nitrogen and oxygen atoms in total. The van der Waals surface area contributed by atoms with Crippen molar-refractivity contribution in [1.82, 2.24) is 0 Å². The van der Waals surface area contributed by atoms with Crippen molar-refractivity contribution in [3.05, 3.63) is 137 Å². The molecule has 4 saturated carbocycles. The molecule has 5 aromatic carbocycles. The van der Waals surface area contributed by atoms with E-state index in [1.54, 1.807) is 11.1 Å². The molecule has 1 spiro atoms. The van der Waals surface area contributed by atoms with Gasteiger partial charge in [-0.3, -0.25) is 0 Å². The monoisotopic (exact) mass is 679 g/mol. The molecule has 0 radical (unpaired) electrons. The van der Waals surface area contributed by atoms with Gasteiger partial charge in [-0.25, -0.2) is 0 Å². The largest absolute Gasteiger partial charge is 0.310 e. The van der Waals surface area contributed by atoms with Gasteiger partial charge in [0.2, 0.25) is 0 Å². The van der Waals surface area contributed by atoms with Crippen LogP contribution in [0.3, 0.4) is 0 Å². The zero-order valence-electron chi connectivity index (χ0n) is 32.0. The zero-order valence-corrected chi connectivity index (χ0v) is 32.0. The van der Waals surface area contributed by atoms with E-state index in [0.29, 0.717) is 0 Å². The summed E-state index contributed by atoms with van der Waals surface area (Å²) in [6.45, 7) is 14.6. The lowest BCUT2D eigenvalue weighted by Crippen LogP contribution is -2.55. The van der Waals surface area contributed by atoms with E-state index in [-0.39, 0.29) is 21.7 Å². The molecule has 0 N–H and O–H groups in total. The molecule has 7 aliphatic rings. The quantitative estimate of drug-likeness (QED) is 0.183. The highest BCUT2D eigenvalue weighted by Crippen LogP contribution is 2.70. The maximum absolute atomic E-state index is 2.66. The third kappa shape index (κ3) is 3.96. The van der Waals surface area contributed by atoms with Crippen molar-refractivity contribution >= 4 is 17.1 Å². The predicted molar refractivity (Wildman–Crippen MR) is 217 cm³/mol. The van der Waals surface area contributed by atoms with Crippen molar-refractivity contribution < 1.29 is 0 Å². The molecule has 262 valence electrons. The highest BCUT2D eigenvalue weighted by atomic mass is 15.1. The summed E-state index contributed by atoms with van der Waals surface area (Å²) in [4.78, 5) is 2.66. The van der Waals surface area contributed by atoms with Gasteiger partial charge in [0.25, 0.3) is 0 Å². The Bertz CT molecular complexity index is 2290. The van der Waals surface area contributed by atoms with Crippen molar-refractivity contribution in [2.24, 2.45) is 23.7 Å². The number of hydrogen-bond donors (Lipinski definition) is 0. The lowest BCUT2D eigenvalue weighted by Gasteiger charge is -2.61. The number of benzene rings is 5. The van der Waals surface area contributed by atoms with E-state index in [2.05, 4.69) is 150 Å². The van der Waals surface area contributed by atoms with Crippen LogP contribution in [0.2, 0.25) is 0 Å². The maximum Gasteiger partial charge on any atom is 0.0543 e. The Morgan fingerprint density at radius 1 is 0.462 bits per heavy atom. The van der Waals surface area contributed by atoms with Crippen LogP contribution >= 0.6 is 0 Å². The van der Waals surface area contributed by atoms with Crippen LogP contribution in [0.1, 0.15) is 120 Å². The standard InChI is InChI=1S/C51H53N/c1-48(2)22-23-49(3,4)45-30-36(19-21-43(45)48)52(35-18-20-41-39(29-35)37-12-7-9-14-40(37)50(41,5)6)46-17-11-16-44-47(46)38-13-8-10-15-42(38)51(44)33-25-31-24-32(27-33)28-34(51)26-31/h7-21,29-34H,22-28H2,1-6H3. The molecule has 1 heteroatoms. The summed E-state index contributed by atoms with van der Waals surface area (Å²) in [7, 11) is 0. The van der Waals surface area contributed by atoms with Crippen LogP contribution in [0.25, 0.3) is 22.3 Å². The van der Waals surface area contributed by atoms with E-state index >= 15 is 0 Å². The van der Waals surface area contributed by atoms with Gasteiger partial charge in [-0.15, -0.1) is 0 Å². The molecular formula is C51H53N. The normalized spacial score (nSPS) is 28.6. The summed E-state index contributed by atoms with van der Waals surface area (Å²) in [6, 6.07) is 41.1. The molecular weight excluding hydrogens is 627 g/mol. The SMILES string of the molecule is CC1(C)CCC(C)(C)c2cc(N(c3ccc4c(c3)-c3ccccc3C4(C)C)c3cccc4c3-c3ccccc3C43C4CC5CC(C4)CC3C5)ccc21. The second-order valence-electron chi connectivity index (χ2n) is 19.7. The molecule has 0 atom stereocenters. The summed E-state index contributed by atoms with van der Waals surface area (Å²) in [6.07, 6.45) is 9.55. The summed E-state index contributed by atoms with van der Waals surface area (Å²) < 4.78 is 0. The third-order valence-electron chi connectivity index (χ3n) is 15.7. The smallest absolute Gasteiger partial charge is 0.0543 e. The molecule has 0 aromatic heterocycles. The van der Waals surface area contributed by atoms with E-state index in [1.807, 2.05) is 0 Å². The minimum absolute atomic E-state index is 0.0184. The van der Waals surface area contributed by atoms with Gasteiger partial charge >= 0.3 is 0 Å². The van der Waals surface area contributed by atoms with Gasteiger partial charge in [0, 0.05) is 27.8 Å². The molecule has 4 fully saturated rings. The molecule has 0 saturated heterocycles. The van der Waals surface area contributed by atoms with Gasteiger partial charge < -0.3 is 4.90 Å². The lowest BCUT2D eigenvalue weighted by molar-refractivity contribution is -0.0399. The maximum atomic E-state index is 2.66. The van der Waals surface area contributed by atoms with Crippen LogP contribution in [0.5, 0.6) is 0 Å². The van der Waals surface area contributed by atoms with Gasteiger partial charge in [0.1, 0.15) is 0 Å². The Morgan fingerprint density at radius 2 is 1.02 bits per heavy atom. The first-order valence-corrected chi connectivity index (χ1v) is 20.4. The van der Waals surface area contributed by atoms with Gasteiger partial charge in [-0.1, -0.05) is 114 Å². The van der Waals surface area contributed by atoms with E-state index in [0.717, 1.165) is 23.7 Å². The van der Waals surface area contributed by atoms with E-state index in [1.165, 1.54) is 107 Å². The topological polar surface area (TPSA) is 3.24 Å². The average Bonchev–Trinajstić information content (AvgIpc) is 3.56. The number of nitrogens with zero attached hydrogens (tertiary/aromatic N) is 1. The summed E-state index contributed by atoms with van der Waals surface area (Å²) in [5.74, 6) is 3.37. The molecule has 7 aliphatic carbocycles. The Morgan fingerprint density at radius 3 is 1.73 bits per heavy atom. The molecule has 52 heavy (non-hydrogen) atoms. The molecule has 12 rings (SSSR count). The minimum atomic E-state index is -0.0184. The van der Waals surface area contributed by atoms with E-state index in [9.17, 15) is 0 Å². The first-order valence-electron chi connectivity index (χ1n) is 20.4. The average molecular weight is 680 g/mol. The Hall–Kier alpha value is -4.10. The summed E-state index contributed by atoms with van der Waals surface area (Å²) in [5, 5.41) is 0. The third-order valence-corrected chi connectivity index (χ3v) is 15.7. The van der Waals surface area contributed by atoms with Crippen LogP contribution in [0.4, 0.5) is 17.1 Å². The Kier molecular flexibility index (Phi) is 6.23. The van der Waals surface area contributed by atoms with E-state index < -0.39 is 0 Å². The molecule has 4 bridgehead atoms. The van der Waals surface area contributed by atoms with Crippen molar-refractivity contribution in [3.8, 4) is 22.3 Å². The van der Waals surface area contributed by atoms with Crippen LogP contribution in [0, 0.1) is 23.7 Å². The van der Waals surface area contributed by atoms with Crippen LogP contribution < -0.4 is 4.90 Å². The number of anilines is 3. The fraction of sp³-hybridized carbons (Fsp3) is 0.412. The summed E-state index contributed by atoms with van der Waals surface area (Å²) in [5.41, 5.74) is 19.2. The van der Waals surface area contributed by atoms with Crippen molar-refractivity contribution in [2.45, 2.75) is 108 Å². The second kappa shape index (κ2) is 10.3. The first-order chi connectivity index (χ1) is 25.0. The Labute approximate surface area is 311 Å². The lowest BCUT2D eigenvalue weighted by atomic mass is 9.43. The zero-order chi connectivity index (χ0) is 35.4. The minimum Gasteiger partial charge on any atom is -0.310 e. The Balaban J connectivity index is 1.18. The molecule has 0 aliphatic heterocycles. The fourth-order valence-corrected chi connectivity index (χ4v) is 13.4. The van der Waals surface area contributed by atoms with Gasteiger partial charge in [0.05, 0.1) is 5.69 Å². The fourth-order valence-electron chi connectivity index (χ4n) is 13.4. The van der Waals surface area contributed by atoms with Crippen LogP contribution in [-0.2, 0) is 21.7 Å². The summed E-state index contributed by atoms with van der Waals surface area (Å²) >= 11 is 0.